The second-order valence-electron chi connectivity index (χ2n) is 8.10. The number of hydrogen-bond acceptors (Lipinski definition) is 3. The summed E-state index contributed by atoms with van der Waals surface area (Å²) in [6.45, 7) is 8.20. The summed E-state index contributed by atoms with van der Waals surface area (Å²) in [4.78, 5) is 17.1. The largest absolute Gasteiger partial charge is 0.385 e. The van der Waals surface area contributed by atoms with Crippen LogP contribution in [-0.4, -0.2) is 55.4 Å². The van der Waals surface area contributed by atoms with Crippen LogP contribution in [0.5, 0.6) is 0 Å². The average Bonchev–Trinajstić information content (AvgIpc) is 3.23. The molecule has 0 atom stereocenters. The van der Waals surface area contributed by atoms with E-state index in [0.717, 1.165) is 38.9 Å². The first kappa shape index (κ1) is 19.8. The Morgan fingerprint density at radius 3 is 2.72 bits per heavy atom. The summed E-state index contributed by atoms with van der Waals surface area (Å²) in [6, 6.07) is 11.2. The molecule has 6 heteroatoms. The molecular weight excluding hydrogens is 364 g/mol. The number of benzene rings is 1. The van der Waals surface area contributed by atoms with E-state index in [4.69, 9.17) is 4.74 Å². The van der Waals surface area contributed by atoms with Crippen LogP contribution < -0.4 is 10.2 Å². The molecule has 2 aromatic rings. The number of aromatic nitrogens is 1. The minimum atomic E-state index is -0.0636. The minimum Gasteiger partial charge on any atom is -0.385 e. The molecule has 1 N–H and O–H groups in total. The van der Waals surface area contributed by atoms with Crippen molar-refractivity contribution in [1.29, 1.82) is 0 Å². The van der Waals surface area contributed by atoms with Gasteiger partial charge >= 0.3 is 6.03 Å². The first-order valence-corrected chi connectivity index (χ1v) is 10.7. The second-order valence-corrected chi connectivity index (χ2v) is 8.10. The number of hydrogen-bond donors (Lipinski definition) is 1. The maximum absolute atomic E-state index is 12.6. The van der Waals surface area contributed by atoms with Crippen molar-refractivity contribution in [2.75, 3.05) is 44.8 Å². The molecule has 3 heterocycles. The molecule has 29 heavy (non-hydrogen) atoms. The van der Waals surface area contributed by atoms with Crippen molar-refractivity contribution in [3.8, 4) is 5.69 Å². The van der Waals surface area contributed by atoms with E-state index in [9.17, 15) is 4.79 Å². The Bertz CT molecular complexity index is 868. The third kappa shape index (κ3) is 3.39. The van der Waals surface area contributed by atoms with Crippen LogP contribution in [0.4, 0.5) is 10.5 Å². The topological polar surface area (TPSA) is 49.7 Å². The summed E-state index contributed by atoms with van der Waals surface area (Å²) in [6.07, 6.45) is 4.88. The molecule has 1 aromatic carbocycles. The first-order chi connectivity index (χ1) is 14.1. The summed E-state index contributed by atoms with van der Waals surface area (Å²) >= 11 is 0. The maximum atomic E-state index is 12.6. The summed E-state index contributed by atoms with van der Waals surface area (Å²) in [5, 5.41) is 3.03. The molecule has 1 spiro atoms. The van der Waals surface area contributed by atoms with Gasteiger partial charge in [0.1, 0.15) is 0 Å². The van der Waals surface area contributed by atoms with Gasteiger partial charge in [-0.1, -0.05) is 6.07 Å². The summed E-state index contributed by atoms with van der Waals surface area (Å²) in [5.74, 6) is 0. The van der Waals surface area contributed by atoms with Gasteiger partial charge in [0.2, 0.25) is 0 Å². The molecule has 1 saturated heterocycles. The number of aryl methyl sites for hydroxylation is 1. The van der Waals surface area contributed by atoms with Crippen LogP contribution >= 0.6 is 0 Å². The summed E-state index contributed by atoms with van der Waals surface area (Å²) < 4.78 is 7.41. The maximum Gasteiger partial charge on any atom is 0.317 e. The fourth-order valence-corrected chi connectivity index (χ4v) is 4.99. The monoisotopic (exact) mass is 396 g/mol. The third-order valence-electron chi connectivity index (χ3n) is 6.42. The molecule has 1 fully saturated rings. The zero-order valence-corrected chi connectivity index (χ0v) is 17.8. The predicted octanol–water partition coefficient (Wildman–Crippen LogP) is 3.66. The average molecular weight is 397 g/mol. The molecule has 0 aliphatic carbocycles. The molecule has 0 radical (unpaired) electrons. The number of likely N-dealkylation sites (tertiary alicyclic amines) is 1. The fourth-order valence-electron chi connectivity index (χ4n) is 4.99. The zero-order valence-electron chi connectivity index (χ0n) is 17.8. The van der Waals surface area contributed by atoms with Crippen molar-refractivity contribution in [3.63, 3.8) is 0 Å². The Morgan fingerprint density at radius 1 is 1.21 bits per heavy atom. The van der Waals surface area contributed by atoms with Gasteiger partial charge in [-0.2, -0.15) is 0 Å². The molecule has 156 valence electrons. The minimum absolute atomic E-state index is 0.0430. The number of carbonyl (C=O) groups is 1. The number of methoxy groups -OCH3 is 1. The number of rotatable bonds is 5. The SMILES string of the molecule is CCN1c2cc(C)ccc2-n2cccc2C12CCN(C(=O)NCCCOC)CC2. The van der Waals surface area contributed by atoms with E-state index in [1.807, 2.05) is 4.90 Å². The molecule has 2 aliphatic rings. The molecule has 0 bridgehead atoms. The molecule has 1 aromatic heterocycles. The summed E-state index contributed by atoms with van der Waals surface area (Å²) in [5.41, 5.74) is 5.11. The number of piperidine rings is 1. The lowest BCUT2D eigenvalue weighted by molar-refractivity contribution is 0.149. The van der Waals surface area contributed by atoms with Gasteiger partial charge in [-0.15, -0.1) is 0 Å². The first-order valence-electron chi connectivity index (χ1n) is 10.7. The fraction of sp³-hybridized carbons (Fsp3) is 0.522. The van der Waals surface area contributed by atoms with Gasteiger partial charge < -0.3 is 24.4 Å². The highest BCUT2D eigenvalue weighted by molar-refractivity contribution is 5.75. The van der Waals surface area contributed by atoms with Gasteiger partial charge in [-0.25, -0.2) is 4.79 Å². The number of urea groups is 1. The van der Waals surface area contributed by atoms with Crippen LogP contribution in [0, 0.1) is 6.92 Å². The van der Waals surface area contributed by atoms with E-state index >= 15 is 0 Å². The number of nitrogens with zero attached hydrogens (tertiary/aromatic N) is 3. The Kier molecular flexibility index (Phi) is 5.54. The standard InChI is InChI=1S/C23H32N4O2/c1-4-27-20-17-18(2)8-9-19(20)26-13-5-7-21(26)23(27)10-14-25(15-11-23)22(28)24-12-6-16-29-3/h5,7-9,13,17H,4,6,10-12,14-16H2,1-3H3,(H,24,28). The highest BCUT2D eigenvalue weighted by Crippen LogP contribution is 2.48. The van der Waals surface area contributed by atoms with Gasteiger partial charge in [0, 0.05) is 51.8 Å². The normalized spacial score (nSPS) is 17.2. The lowest BCUT2D eigenvalue weighted by Crippen LogP contribution is -2.58. The van der Waals surface area contributed by atoms with Crippen molar-refractivity contribution < 1.29 is 9.53 Å². The smallest absolute Gasteiger partial charge is 0.317 e. The van der Waals surface area contributed by atoms with E-state index in [-0.39, 0.29) is 11.6 Å². The quantitative estimate of drug-likeness (QED) is 0.785. The lowest BCUT2D eigenvalue weighted by atomic mass is 9.80. The molecule has 4 rings (SSSR count). The van der Waals surface area contributed by atoms with Gasteiger partial charge in [0.05, 0.1) is 16.9 Å². The Labute approximate surface area is 173 Å². The third-order valence-corrected chi connectivity index (χ3v) is 6.42. The van der Waals surface area contributed by atoms with Crippen molar-refractivity contribution in [2.24, 2.45) is 0 Å². The number of fused-ring (bicyclic) bond motifs is 4. The number of ether oxygens (including phenoxy) is 1. The van der Waals surface area contributed by atoms with Crippen LogP contribution in [0.15, 0.2) is 36.5 Å². The molecule has 0 unspecified atom stereocenters. The van der Waals surface area contributed by atoms with E-state index < -0.39 is 0 Å². The van der Waals surface area contributed by atoms with E-state index in [2.05, 4.69) is 65.2 Å². The van der Waals surface area contributed by atoms with Crippen molar-refractivity contribution in [2.45, 2.75) is 38.6 Å². The van der Waals surface area contributed by atoms with Crippen LogP contribution in [0.25, 0.3) is 5.69 Å². The predicted molar refractivity (Wildman–Crippen MR) is 116 cm³/mol. The van der Waals surface area contributed by atoms with Gasteiger partial charge in [-0.3, -0.25) is 0 Å². The van der Waals surface area contributed by atoms with Gasteiger partial charge in [-0.05, 0) is 62.9 Å². The Hall–Kier alpha value is -2.47. The number of carbonyl (C=O) groups excluding carboxylic acids is 1. The molecular formula is C23H32N4O2. The van der Waals surface area contributed by atoms with Crippen LogP contribution in [-0.2, 0) is 10.3 Å². The van der Waals surface area contributed by atoms with Crippen molar-refractivity contribution in [3.05, 3.63) is 47.8 Å². The van der Waals surface area contributed by atoms with Crippen LogP contribution in [0.3, 0.4) is 0 Å². The molecule has 0 saturated carbocycles. The highest BCUT2D eigenvalue weighted by Gasteiger charge is 2.46. The Balaban J connectivity index is 1.56. The number of nitrogens with one attached hydrogen (secondary N) is 1. The van der Waals surface area contributed by atoms with Gasteiger partial charge in [0.25, 0.3) is 0 Å². The van der Waals surface area contributed by atoms with Crippen molar-refractivity contribution in [1.82, 2.24) is 14.8 Å². The van der Waals surface area contributed by atoms with E-state index in [1.165, 1.54) is 22.6 Å². The number of anilines is 1. The second kappa shape index (κ2) is 8.11. The highest BCUT2D eigenvalue weighted by atomic mass is 16.5. The van der Waals surface area contributed by atoms with Crippen molar-refractivity contribution >= 4 is 11.7 Å². The Morgan fingerprint density at radius 2 is 2.00 bits per heavy atom. The van der Waals surface area contributed by atoms with Crippen LogP contribution in [0.2, 0.25) is 0 Å². The lowest BCUT2D eigenvalue weighted by Gasteiger charge is -2.53. The zero-order chi connectivity index (χ0) is 20.4. The van der Waals surface area contributed by atoms with Crippen LogP contribution in [0.1, 0.15) is 37.4 Å². The van der Waals surface area contributed by atoms with Gasteiger partial charge in [0.15, 0.2) is 0 Å². The molecule has 2 amide bonds. The molecule has 2 aliphatic heterocycles. The summed E-state index contributed by atoms with van der Waals surface area (Å²) in [7, 11) is 1.69. The van der Waals surface area contributed by atoms with E-state index in [1.54, 1.807) is 7.11 Å². The number of amides is 2. The van der Waals surface area contributed by atoms with E-state index in [0.29, 0.717) is 13.2 Å². The molecule has 6 nitrogen and oxygen atoms in total.